The van der Waals surface area contributed by atoms with E-state index in [2.05, 4.69) is 38.0 Å². The Balaban J connectivity index is 1.54. The van der Waals surface area contributed by atoms with Gasteiger partial charge in [-0.2, -0.15) is 13.2 Å². The molecule has 0 aliphatic carbocycles. The van der Waals surface area contributed by atoms with Crippen molar-refractivity contribution in [3.05, 3.63) is 52.9 Å². The van der Waals surface area contributed by atoms with E-state index < -0.39 is 11.7 Å². The lowest BCUT2D eigenvalue weighted by Crippen LogP contribution is -2.48. The third-order valence-electron chi connectivity index (χ3n) is 4.70. The van der Waals surface area contributed by atoms with Gasteiger partial charge in [0.2, 0.25) is 0 Å². The topological polar surface area (TPSA) is 39.7 Å². The van der Waals surface area contributed by atoms with Gasteiger partial charge < -0.3 is 15.5 Å². The highest BCUT2D eigenvalue weighted by atomic mass is 32.1. The van der Waals surface area contributed by atoms with Crippen molar-refractivity contribution in [2.45, 2.75) is 38.5 Å². The van der Waals surface area contributed by atoms with E-state index in [1.807, 2.05) is 6.92 Å². The highest BCUT2D eigenvalue weighted by Crippen LogP contribution is 2.29. The quantitative estimate of drug-likeness (QED) is 0.564. The molecule has 152 valence electrons. The SMILES string of the molecule is CCNC(=NCc1ccc(C(F)(F)F)cc1)NC1CCN(c2cccs2)CC1. The molecule has 0 radical (unpaired) electrons. The molecule has 1 saturated heterocycles. The van der Waals surface area contributed by atoms with Crippen LogP contribution in [-0.2, 0) is 12.7 Å². The summed E-state index contributed by atoms with van der Waals surface area (Å²) in [4.78, 5) is 6.94. The summed E-state index contributed by atoms with van der Waals surface area (Å²) in [5.41, 5.74) is 0.112. The summed E-state index contributed by atoms with van der Waals surface area (Å²) >= 11 is 1.76. The zero-order valence-corrected chi connectivity index (χ0v) is 16.6. The molecule has 1 aliphatic rings. The number of benzene rings is 1. The van der Waals surface area contributed by atoms with Gasteiger partial charge in [0, 0.05) is 25.7 Å². The smallest absolute Gasteiger partial charge is 0.363 e. The lowest BCUT2D eigenvalue weighted by molar-refractivity contribution is -0.137. The fourth-order valence-electron chi connectivity index (χ4n) is 3.18. The van der Waals surface area contributed by atoms with Crippen LogP contribution in [0.25, 0.3) is 0 Å². The molecule has 1 aromatic carbocycles. The van der Waals surface area contributed by atoms with Crippen molar-refractivity contribution < 1.29 is 13.2 Å². The van der Waals surface area contributed by atoms with Gasteiger partial charge >= 0.3 is 6.18 Å². The molecule has 0 spiro atoms. The molecule has 2 heterocycles. The summed E-state index contributed by atoms with van der Waals surface area (Å²) in [5.74, 6) is 0.706. The molecule has 8 heteroatoms. The van der Waals surface area contributed by atoms with E-state index >= 15 is 0 Å². The number of rotatable bonds is 5. The first kappa shape index (κ1) is 20.5. The van der Waals surface area contributed by atoms with Crippen molar-refractivity contribution >= 4 is 22.3 Å². The number of nitrogens with zero attached hydrogens (tertiary/aromatic N) is 2. The Morgan fingerprint density at radius 1 is 1.18 bits per heavy atom. The number of anilines is 1. The summed E-state index contributed by atoms with van der Waals surface area (Å²) in [6.07, 6.45) is -2.28. The highest BCUT2D eigenvalue weighted by molar-refractivity contribution is 7.14. The minimum atomic E-state index is -4.31. The lowest BCUT2D eigenvalue weighted by atomic mass is 10.1. The zero-order chi connectivity index (χ0) is 20.0. The van der Waals surface area contributed by atoms with Crippen LogP contribution in [0.3, 0.4) is 0 Å². The summed E-state index contributed by atoms with van der Waals surface area (Å²) in [6, 6.07) is 9.72. The standard InChI is InChI=1S/C20H25F3N4S/c1-2-24-19(25-14-15-5-7-16(8-6-15)20(21,22)23)26-17-9-11-27(12-10-17)18-4-3-13-28-18/h3-8,13,17H,2,9-12,14H2,1H3,(H2,24,25,26). The number of guanidine groups is 1. The first-order chi connectivity index (χ1) is 13.5. The highest BCUT2D eigenvalue weighted by Gasteiger charge is 2.29. The van der Waals surface area contributed by atoms with Gasteiger partial charge in [0.05, 0.1) is 17.1 Å². The molecule has 3 rings (SSSR count). The minimum absolute atomic E-state index is 0.335. The van der Waals surface area contributed by atoms with Crippen LogP contribution in [0.5, 0.6) is 0 Å². The monoisotopic (exact) mass is 410 g/mol. The second-order valence-electron chi connectivity index (χ2n) is 6.75. The predicted molar refractivity (Wildman–Crippen MR) is 109 cm³/mol. The number of thiophene rings is 1. The maximum Gasteiger partial charge on any atom is 0.416 e. The van der Waals surface area contributed by atoms with Gasteiger partial charge in [0.15, 0.2) is 5.96 Å². The van der Waals surface area contributed by atoms with E-state index in [0.29, 0.717) is 18.5 Å². The molecule has 2 aromatic rings. The average molecular weight is 411 g/mol. The molecule has 4 nitrogen and oxygen atoms in total. The van der Waals surface area contributed by atoms with Crippen molar-refractivity contribution in [1.29, 1.82) is 0 Å². The molecule has 1 aliphatic heterocycles. The Morgan fingerprint density at radius 2 is 1.89 bits per heavy atom. The van der Waals surface area contributed by atoms with Crippen molar-refractivity contribution in [3.8, 4) is 0 Å². The Hall–Kier alpha value is -2.22. The predicted octanol–water partition coefficient (Wildman–Crippen LogP) is 4.49. The third-order valence-corrected chi connectivity index (χ3v) is 5.63. The lowest BCUT2D eigenvalue weighted by Gasteiger charge is -2.33. The number of nitrogens with one attached hydrogen (secondary N) is 2. The van der Waals surface area contributed by atoms with Gasteiger partial charge in [-0.15, -0.1) is 11.3 Å². The zero-order valence-electron chi connectivity index (χ0n) is 15.8. The minimum Gasteiger partial charge on any atom is -0.363 e. The van der Waals surface area contributed by atoms with Crippen molar-refractivity contribution in [2.75, 3.05) is 24.5 Å². The van der Waals surface area contributed by atoms with E-state index in [1.54, 1.807) is 11.3 Å². The van der Waals surface area contributed by atoms with Crippen LogP contribution in [0.4, 0.5) is 18.2 Å². The van der Waals surface area contributed by atoms with Crippen molar-refractivity contribution in [3.63, 3.8) is 0 Å². The molecule has 28 heavy (non-hydrogen) atoms. The van der Waals surface area contributed by atoms with Gasteiger partial charge in [-0.3, -0.25) is 0 Å². The number of hydrogen-bond acceptors (Lipinski definition) is 3. The molecule has 1 fully saturated rings. The second-order valence-corrected chi connectivity index (χ2v) is 7.67. The maximum absolute atomic E-state index is 12.7. The fourth-order valence-corrected chi connectivity index (χ4v) is 3.96. The molecular formula is C20H25F3N4S. The van der Waals surface area contributed by atoms with E-state index in [4.69, 9.17) is 0 Å². The summed E-state index contributed by atoms with van der Waals surface area (Å²) in [6.45, 7) is 5.05. The van der Waals surface area contributed by atoms with Gasteiger partial charge in [0.1, 0.15) is 0 Å². The van der Waals surface area contributed by atoms with Gasteiger partial charge in [-0.05, 0) is 55.0 Å². The molecule has 2 N–H and O–H groups in total. The molecule has 0 atom stereocenters. The largest absolute Gasteiger partial charge is 0.416 e. The summed E-state index contributed by atoms with van der Waals surface area (Å²) in [7, 11) is 0. The number of piperidine rings is 1. The van der Waals surface area contributed by atoms with E-state index in [0.717, 1.165) is 50.2 Å². The first-order valence-electron chi connectivity index (χ1n) is 9.45. The Morgan fingerprint density at radius 3 is 2.46 bits per heavy atom. The van der Waals surface area contributed by atoms with Crippen molar-refractivity contribution in [1.82, 2.24) is 10.6 Å². The van der Waals surface area contributed by atoms with Gasteiger partial charge in [-0.25, -0.2) is 4.99 Å². The van der Waals surface area contributed by atoms with Crippen LogP contribution >= 0.6 is 11.3 Å². The number of halogens is 3. The Kier molecular flexibility index (Phi) is 6.83. The van der Waals surface area contributed by atoms with Crippen LogP contribution in [0.1, 0.15) is 30.9 Å². The Bertz CT molecular complexity index is 749. The van der Waals surface area contributed by atoms with Crippen LogP contribution < -0.4 is 15.5 Å². The molecule has 1 aromatic heterocycles. The van der Waals surface area contributed by atoms with Gasteiger partial charge in [-0.1, -0.05) is 12.1 Å². The van der Waals surface area contributed by atoms with Crippen LogP contribution in [0.2, 0.25) is 0 Å². The first-order valence-corrected chi connectivity index (χ1v) is 10.3. The maximum atomic E-state index is 12.7. The van der Waals surface area contributed by atoms with E-state index in [-0.39, 0.29) is 0 Å². The summed E-state index contributed by atoms with van der Waals surface area (Å²) < 4.78 is 38.0. The van der Waals surface area contributed by atoms with Crippen LogP contribution in [0, 0.1) is 0 Å². The molecule has 0 bridgehead atoms. The van der Waals surface area contributed by atoms with Crippen molar-refractivity contribution in [2.24, 2.45) is 4.99 Å². The normalized spacial score (nSPS) is 16.3. The number of alkyl halides is 3. The fraction of sp³-hybridized carbons (Fsp3) is 0.450. The third kappa shape index (κ3) is 5.64. The second kappa shape index (κ2) is 9.32. The van der Waals surface area contributed by atoms with Crippen LogP contribution in [-0.4, -0.2) is 31.6 Å². The average Bonchev–Trinajstić information content (AvgIpc) is 3.21. The Labute approximate surface area is 167 Å². The van der Waals surface area contributed by atoms with E-state index in [9.17, 15) is 13.2 Å². The molecule has 0 unspecified atom stereocenters. The number of aliphatic imine (C=N–C) groups is 1. The van der Waals surface area contributed by atoms with Crippen LogP contribution in [0.15, 0.2) is 46.8 Å². The van der Waals surface area contributed by atoms with Gasteiger partial charge in [0.25, 0.3) is 0 Å². The summed E-state index contributed by atoms with van der Waals surface area (Å²) in [5, 5.41) is 10.1. The molecule has 0 amide bonds. The molecular weight excluding hydrogens is 385 g/mol. The molecule has 0 saturated carbocycles. The van der Waals surface area contributed by atoms with E-state index in [1.165, 1.54) is 17.1 Å². The number of hydrogen-bond donors (Lipinski definition) is 2.